The number of ketones is 1. The molecule has 98 valence electrons. The van der Waals surface area contributed by atoms with Crippen LogP contribution in [0, 0.1) is 5.41 Å². The summed E-state index contributed by atoms with van der Waals surface area (Å²) in [6, 6.07) is 0. The van der Waals surface area contributed by atoms with Crippen molar-refractivity contribution in [2.75, 3.05) is 0 Å². The van der Waals surface area contributed by atoms with Crippen molar-refractivity contribution in [3.63, 3.8) is 0 Å². The van der Waals surface area contributed by atoms with Crippen molar-refractivity contribution in [1.29, 1.82) is 0 Å². The number of hydrogen-bond acceptors (Lipinski definition) is 2. The van der Waals surface area contributed by atoms with Gasteiger partial charge in [0, 0.05) is 4.83 Å². The molecular formula is C14H18BrNO2. The van der Waals surface area contributed by atoms with Gasteiger partial charge in [-0.1, -0.05) is 47.3 Å². The second-order valence-corrected chi connectivity index (χ2v) is 6.99. The molecule has 2 atom stereocenters. The number of amides is 1. The molecule has 1 amide bonds. The Morgan fingerprint density at radius 2 is 1.89 bits per heavy atom. The highest BCUT2D eigenvalue weighted by molar-refractivity contribution is 9.09. The van der Waals surface area contributed by atoms with Crippen LogP contribution in [0.2, 0.25) is 0 Å². The van der Waals surface area contributed by atoms with Gasteiger partial charge >= 0.3 is 0 Å². The Kier molecular flexibility index (Phi) is 2.88. The van der Waals surface area contributed by atoms with Gasteiger partial charge in [-0.05, 0) is 25.7 Å². The summed E-state index contributed by atoms with van der Waals surface area (Å²) in [5.74, 6) is 0.111. The van der Waals surface area contributed by atoms with Gasteiger partial charge in [-0.25, -0.2) is 0 Å². The van der Waals surface area contributed by atoms with Crippen molar-refractivity contribution in [3.8, 4) is 0 Å². The van der Waals surface area contributed by atoms with E-state index in [-0.39, 0.29) is 11.7 Å². The molecule has 0 aromatic rings. The van der Waals surface area contributed by atoms with Crippen molar-refractivity contribution in [2.24, 2.45) is 5.41 Å². The van der Waals surface area contributed by atoms with Crippen LogP contribution in [0.3, 0.4) is 0 Å². The minimum atomic E-state index is -0.707. The molecule has 0 radical (unpaired) electrons. The van der Waals surface area contributed by atoms with Crippen LogP contribution in [0.4, 0.5) is 0 Å². The van der Waals surface area contributed by atoms with E-state index in [0.29, 0.717) is 4.83 Å². The van der Waals surface area contributed by atoms with E-state index in [9.17, 15) is 9.59 Å². The number of carbonyl (C=O) groups is 2. The fraction of sp³-hybridized carbons (Fsp3) is 0.714. The van der Waals surface area contributed by atoms with Gasteiger partial charge in [-0.15, -0.1) is 0 Å². The molecule has 3 nitrogen and oxygen atoms in total. The van der Waals surface area contributed by atoms with Gasteiger partial charge in [-0.2, -0.15) is 0 Å². The van der Waals surface area contributed by atoms with Crippen molar-refractivity contribution in [3.05, 3.63) is 12.2 Å². The molecule has 3 rings (SSSR count). The first-order chi connectivity index (χ1) is 8.59. The minimum Gasteiger partial charge on any atom is -0.339 e. The number of hydrogen-bond donors (Lipinski definition) is 1. The molecule has 0 aromatic carbocycles. The fourth-order valence-electron chi connectivity index (χ4n) is 3.63. The zero-order valence-electron chi connectivity index (χ0n) is 10.4. The zero-order valence-corrected chi connectivity index (χ0v) is 12.0. The number of rotatable bonds is 0. The summed E-state index contributed by atoms with van der Waals surface area (Å²) in [5.41, 5.74) is -1.40. The van der Waals surface area contributed by atoms with Crippen LogP contribution >= 0.6 is 15.9 Å². The summed E-state index contributed by atoms with van der Waals surface area (Å²) in [6.45, 7) is 0. The average Bonchev–Trinajstić information content (AvgIpc) is 2.58. The Labute approximate surface area is 116 Å². The molecule has 2 aliphatic carbocycles. The lowest BCUT2D eigenvalue weighted by Gasteiger charge is -2.32. The summed E-state index contributed by atoms with van der Waals surface area (Å²) < 4.78 is 0. The Morgan fingerprint density at radius 3 is 2.50 bits per heavy atom. The number of carbonyl (C=O) groups excluding carboxylic acids is 2. The number of Topliss-reactive ketones (excluding diaryl/α,β-unsaturated/α-hetero) is 1. The first kappa shape index (κ1) is 12.4. The molecule has 1 N–H and O–H groups in total. The van der Waals surface area contributed by atoms with E-state index in [1.54, 1.807) is 0 Å². The van der Waals surface area contributed by atoms with E-state index in [2.05, 4.69) is 21.2 Å². The van der Waals surface area contributed by atoms with Crippen molar-refractivity contribution in [1.82, 2.24) is 5.32 Å². The second-order valence-electron chi connectivity index (χ2n) is 5.81. The SMILES string of the molecule is O=C1N[C@@]2(C=C[C@@H](Br)CC2)C(=O)C12CCCCC2. The highest BCUT2D eigenvalue weighted by Gasteiger charge is 2.61. The molecule has 0 bridgehead atoms. The molecule has 1 aliphatic heterocycles. The van der Waals surface area contributed by atoms with Gasteiger partial charge in [-0.3, -0.25) is 9.59 Å². The van der Waals surface area contributed by atoms with Crippen molar-refractivity contribution < 1.29 is 9.59 Å². The number of alkyl halides is 1. The molecule has 0 unspecified atom stereocenters. The molecule has 1 saturated heterocycles. The normalized spacial score (nSPS) is 38.4. The van der Waals surface area contributed by atoms with E-state index in [4.69, 9.17) is 0 Å². The van der Waals surface area contributed by atoms with Crippen LogP contribution in [0.5, 0.6) is 0 Å². The van der Waals surface area contributed by atoms with Crippen LogP contribution < -0.4 is 5.32 Å². The number of halogens is 1. The van der Waals surface area contributed by atoms with E-state index >= 15 is 0 Å². The maximum atomic E-state index is 12.8. The molecule has 18 heavy (non-hydrogen) atoms. The van der Waals surface area contributed by atoms with E-state index in [1.807, 2.05) is 12.2 Å². The summed E-state index contributed by atoms with van der Waals surface area (Å²) in [4.78, 5) is 25.5. The monoisotopic (exact) mass is 311 g/mol. The molecule has 1 heterocycles. The third-order valence-electron chi connectivity index (χ3n) is 4.72. The zero-order chi connectivity index (χ0) is 12.8. The predicted molar refractivity (Wildman–Crippen MR) is 72.5 cm³/mol. The van der Waals surface area contributed by atoms with Crippen LogP contribution in [-0.2, 0) is 9.59 Å². The molecular weight excluding hydrogens is 294 g/mol. The van der Waals surface area contributed by atoms with E-state index in [1.165, 1.54) is 0 Å². The van der Waals surface area contributed by atoms with Gasteiger partial charge in [0.25, 0.3) is 0 Å². The van der Waals surface area contributed by atoms with Crippen molar-refractivity contribution >= 4 is 27.6 Å². The Balaban J connectivity index is 1.95. The van der Waals surface area contributed by atoms with Gasteiger partial charge in [0.1, 0.15) is 11.0 Å². The summed E-state index contributed by atoms with van der Waals surface area (Å²) in [6.07, 6.45) is 10.2. The van der Waals surface area contributed by atoms with Gasteiger partial charge in [0.2, 0.25) is 5.91 Å². The quantitative estimate of drug-likeness (QED) is 0.424. The largest absolute Gasteiger partial charge is 0.339 e. The Morgan fingerprint density at radius 1 is 1.17 bits per heavy atom. The molecule has 1 saturated carbocycles. The highest BCUT2D eigenvalue weighted by atomic mass is 79.9. The van der Waals surface area contributed by atoms with Gasteiger partial charge in [0.15, 0.2) is 5.78 Å². The number of allylic oxidation sites excluding steroid dienone is 1. The predicted octanol–water partition coefficient (Wildman–Crippen LogP) is 2.49. The molecule has 3 aliphatic rings. The van der Waals surface area contributed by atoms with Gasteiger partial charge < -0.3 is 5.32 Å². The number of nitrogens with one attached hydrogen (secondary N) is 1. The molecule has 0 aromatic heterocycles. The van der Waals surface area contributed by atoms with E-state index in [0.717, 1.165) is 44.9 Å². The van der Waals surface area contributed by atoms with Crippen LogP contribution in [0.15, 0.2) is 12.2 Å². The fourth-order valence-corrected chi connectivity index (χ4v) is 4.01. The molecule has 2 fully saturated rings. The average molecular weight is 312 g/mol. The molecule has 4 heteroatoms. The van der Waals surface area contributed by atoms with Crippen LogP contribution in [0.1, 0.15) is 44.9 Å². The van der Waals surface area contributed by atoms with E-state index < -0.39 is 11.0 Å². The highest BCUT2D eigenvalue weighted by Crippen LogP contribution is 2.47. The standard InChI is InChI=1S/C14H18BrNO2/c15-10-4-8-14(9-5-10)11(17)13(12(18)16-14)6-2-1-3-7-13/h4,8,10H,1-3,5-7,9H2,(H,16,18)/t10-,14-/m1/s1. The lowest BCUT2D eigenvalue weighted by Crippen LogP contribution is -2.47. The topological polar surface area (TPSA) is 46.2 Å². The van der Waals surface area contributed by atoms with Crippen LogP contribution in [-0.4, -0.2) is 22.1 Å². The molecule has 2 spiro atoms. The third-order valence-corrected chi connectivity index (χ3v) is 5.49. The Hall–Kier alpha value is -0.640. The first-order valence-corrected chi connectivity index (χ1v) is 7.72. The summed E-state index contributed by atoms with van der Waals surface area (Å²) in [5, 5.41) is 3.00. The smallest absolute Gasteiger partial charge is 0.234 e. The minimum absolute atomic E-state index is 0.0233. The van der Waals surface area contributed by atoms with Crippen molar-refractivity contribution in [2.45, 2.75) is 55.3 Å². The maximum Gasteiger partial charge on any atom is 0.234 e. The Bertz CT molecular complexity index is 426. The lowest BCUT2D eigenvalue weighted by molar-refractivity contribution is -0.138. The third kappa shape index (κ3) is 1.61. The second kappa shape index (κ2) is 4.19. The maximum absolute atomic E-state index is 12.8. The van der Waals surface area contributed by atoms with Gasteiger partial charge in [0.05, 0.1) is 0 Å². The first-order valence-electron chi connectivity index (χ1n) is 6.80. The van der Waals surface area contributed by atoms with Crippen LogP contribution in [0.25, 0.3) is 0 Å². The summed E-state index contributed by atoms with van der Waals surface area (Å²) >= 11 is 3.53. The summed E-state index contributed by atoms with van der Waals surface area (Å²) in [7, 11) is 0. The lowest BCUT2D eigenvalue weighted by atomic mass is 9.67.